The molecule has 4 rings (SSSR count). The number of H-pyrrole nitrogens is 1. The number of aromatic hydroxyl groups is 1. The Morgan fingerprint density at radius 1 is 1.04 bits per heavy atom. The average molecular weight is 318 g/mol. The molecule has 0 atom stereocenters. The minimum Gasteiger partial charge on any atom is -0.508 e. The summed E-state index contributed by atoms with van der Waals surface area (Å²) in [4.78, 5) is 19.6. The van der Waals surface area contributed by atoms with Crippen molar-refractivity contribution in [3.63, 3.8) is 0 Å². The maximum Gasteiger partial charge on any atom is 0.338 e. The Morgan fingerprint density at radius 2 is 1.75 bits per heavy atom. The van der Waals surface area contributed by atoms with Crippen LogP contribution < -0.4 is 0 Å². The summed E-state index contributed by atoms with van der Waals surface area (Å²) in [5.74, 6) is 0.240. The lowest BCUT2D eigenvalue weighted by Gasteiger charge is -2.02. The second kappa shape index (κ2) is 5.70. The highest BCUT2D eigenvalue weighted by atomic mass is 16.5. The van der Waals surface area contributed by atoms with Crippen LogP contribution in [0.1, 0.15) is 16.2 Å². The van der Waals surface area contributed by atoms with Gasteiger partial charge in [-0.25, -0.2) is 9.78 Å². The first-order chi connectivity index (χ1) is 11.7. The van der Waals surface area contributed by atoms with Gasteiger partial charge in [-0.05, 0) is 47.2 Å². The van der Waals surface area contributed by atoms with Crippen molar-refractivity contribution in [2.75, 3.05) is 0 Å². The fourth-order valence-corrected chi connectivity index (χ4v) is 2.63. The van der Waals surface area contributed by atoms with E-state index in [2.05, 4.69) is 9.97 Å². The summed E-state index contributed by atoms with van der Waals surface area (Å²) in [7, 11) is 0. The third-order valence-corrected chi connectivity index (χ3v) is 3.84. The molecule has 5 heteroatoms. The van der Waals surface area contributed by atoms with Gasteiger partial charge >= 0.3 is 5.97 Å². The molecule has 5 nitrogen and oxygen atoms in total. The summed E-state index contributed by atoms with van der Waals surface area (Å²) in [6.07, 6.45) is 0. The standard InChI is InChI=1S/C19H14N2O3/c22-15-7-5-12(6-8-15)19(23)24-11-18-20-16-9-13-3-1-2-4-14(13)10-17(16)21-18/h1-10,22H,11H2,(H,20,21). The van der Waals surface area contributed by atoms with Crippen molar-refractivity contribution in [1.29, 1.82) is 0 Å². The minimum absolute atomic E-state index is 0.0603. The molecule has 0 unspecified atom stereocenters. The smallest absolute Gasteiger partial charge is 0.338 e. The number of imidazole rings is 1. The predicted molar refractivity (Wildman–Crippen MR) is 90.8 cm³/mol. The molecular formula is C19H14N2O3. The summed E-state index contributed by atoms with van der Waals surface area (Å²) in [6.45, 7) is 0.0603. The third-order valence-electron chi connectivity index (χ3n) is 3.84. The number of benzene rings is 3. The van der Waals surface area contributed by atoms with Crippen LogP contribution in [0.2, 0.25) is 0 Å². The number of phenols is 1. The number of esters is 1. The number of phenolic OH excluding ortho intramolecular Hbond substituents is 1. The fraction of sp³-hybridized carbons (Fsp3) is 0.0526. The third kappa shape index (κ3) is 2.67. The van der Waals surface area contributed by atoms with Gasteiger partial charge in [0.1, 0.15) is 18.2 Å². The van der Waals surface area contributed by atoms with Crippen LogP contribution in [0.4, 0.5) is 0 Å². The molecule has 0 aliphatic carbocycles. The zero-order valence-electron chi connectivity index (χ0n) is 12.7. The molecule has 0 aliphatic heterocycles. The van der Waals surface area contributed by atoms with Crippen molar-refractivity contribution in [1.82, 2.24) is 9.97 Å². The summed E-state index contributed by atoms with van der Waals surface area (Å²) in [5, 5.41) is 11.5. The van der Waals surface area contributed by atoms with Gasteiger partial charge in [-0.3, -0.25) is 0 Å². The van der Waals surface area contributed by atoms with Crippen LogP contribution in [0.3, 0.4) is 0 Å². The van der Waals surface area contributed by atoms with E-state index in [0.29, 0.717) is 11.4 Å². The number of hydrogen-bond donors (Lipinski definition) is 2. The van der Waals surface area contributed by atoms with Crippen LogP contribution in [-0.2, 0) is 11.3 Å². The number of aromatic nitrogens is 2. The number of hydrogen-bond acceptors (Lipinski definition) is 4. The van der Waals surface area contributed by atoms with Crippen molar-refractivity contribution in [3.05, 3.63) is 72.1 Å². The van der Waals surface area contributed by atoms with E-state index in [1.807, 2.05) is 36.4 Å². The Bertz CT molecular complexity index is 983. The van der Waals surface area contributed by atoms with Gasteiger partial charge in [-0.1, -0.05) is 24.3 Å². The summed E-state index contributed by atoms with van der Waals surface area (Å²) < 4.78 is 5.27. The van der Waals surface area contributed by atoms with E-state index in [-0.39, 0.29) is 12.4 Å². The minimum atomic E-state index is -0.458. The van der Waals surface area contributed by atoms with Crippen molar-refractivity contribution in [2.45, 2.75) is 6.61 Å². The second-order valence-corrected chi connectivity index (χ2v) is 5.52. The first-order valence-corrected chi connectivity index (χ1v) is 7.52. The number of carbonyl (C=O) groups is 1. The van der Waals surface area contributed by atoms with Gasteiger partial charge in [0, 0.05) is 0 Å². The summed E-state index contributed by atoms with van der Waals surface area (Å²) >= 11 is 0. The van der Waals surface area contributed by atoms with Crippen molar-refractivity contribution < 1.29 is 14.6 Å². The van der Waals surface area contributed by atoms with E-state index < -0.39 is 5.97 Å². The number of fused-ring (bicyclic) bond motifs is 2. The predicted octanol–water partition coefficient (Wildman–Crippen LogP) is 3.78. The molecule has 4 aromatic rings. The molecule has 0 amide bonds. The highest BCUT2D eigenvalue weighted by molar-refractivity contribution is 5.95. The van der Waals surface area contributed by atoms with Gasteiger partial charge < -0.3 is 14.8 Å². The van der Waals surface area contributed by atoms with Gasteiger partial charge in [0.05, 0.1) is 16.6 Å². The van der Waals surface area contributed by atoms with Crippen LogP contribution >= 0.6 is 0 Å². The second-order valence-electron chi connectivity index (χ2n) is 5.52. The van der Waals surface area contributed by atoms with E-state index in [1.54, 1.807) is 0 Å². The number of nitrogens with one attached hydrogen (secondary N) is 1. The first kappa shape index (κ1) is 14.3. The lowest BCUT2D eigenvalue weighted by molar-refractivity contribution is 0.0463. The molecule has 0 bridgehead atoms. The molecule has 1 heterocycles. The zero-order chi connectivity index (χ0) is 16.5. The average Bonchev–Trinajstić information content (AvgIpc) is 3.00. The van der Waals surface area contributed by atoms with Gasteiger partial charge in [-0.2, -0.15) is 0 Å². The molecule has 0 saturated heterocycles. The van der Waals surface area contributed by atoms with Gasteiger partial charge in [-0.15, -0.1) is 0 Å². The Kier molecular flexibility index (Phi) is 3.39. The van der Waals surface area contributed by atoms with E-state index in [0.717, 1.165) is 21.8 Å². The van der Waals surface area contributed by atoms with E-state index in [9.17, 15) is 9.90 Å². The van der Waals surface area contributed by atoms with Crippen molar-refractivity contribution in [2.24, 2.45) is 0 Å². The number of ether oxygens (including phenoxy) is 1. The lowest BCUT2D eigenvalue weighted by Crippen LogP contribution is -2.05. The molecule has 24 heavy (non-hydrogen) atoms. The molecule has 118 valence electrons. The molecule has 3 aromatic carbocycles. The van der Waals surface area contributed by atoms with Gasteiger partial charge in [0.2, 0.25) is 0 Å². The maximum absolute atomic E-state index is 12.0. The maximum atomic E-state index is 12.0. The Labute approximate surface area is 137 Å². The van der Waals surface area contributed by atoms with E-state index in [4.69, 9.17) is 4.74 Å². The van der Waals surface area contributed by atoms with Crippen LogP contribution in [0, 0.1) is 0 Å². The quantitative estimate of drug-likeness (QED) is 0.564. The number of nitrogens with zero attached hydrogens (tertiary/aromatic N) is 1. The fourth-order valence-electron chi connectivity index (χ4n) is 2.63. The summed E-state index contributed by atoms with van der Waals surface area (Å²) in [5.41, 5.74) is 2.13. The zero-order valence-corrected chi connectivity index (χ0v) is 12.7. The molecular weight excluding hydrogens is 304 g/mol. The number of aromatic amines is 1. The van der Waals surface area contributed by atoms with E-state index in [1.165, 1.54) is 24.3 Å². The summed E-state index contributed by atoms with van der Waals surface area (Å²) in [6, 6.07) is 18.0. The first-order valence-electron chi connectivity index (χ1n) is 7.52. The molecule has 0 radical (unpaired) electrons. The Morgan fingerprint density at radius 3 is 2.50 bits per heavy atom. The largest absolute Gasteiger partial charge is 0.508 e. The number of carbonyl (C=O) groups excluding carboxylic acids is 1. The molecule has 0 fully saturated rings. The van der Waals surface area contributed by atoms with Crippen LogP contribution in [-0.4, -0.2) is 21.0 Å². The van der Waals surface area contributed by atoms with Crippen molar-refractivity contribution >= 4 is 27.8 Å². The highest BCUT2D eigenvalue weighted by Crippen LogP contribution is 2.21. The molecule has 1 aromatic heterocycles. The topological polar surface area (TPSA) is 75.2 Å². The monoisotopic (exact) mass is 318 g/mol. The van der Waals surface area contributed by atoms with E-state index >= 15 is 0 Å². The van der Waals surface area contributed by atoms with Crippen LogP contribution in [0.15, 0.2) is 60.7 Å². The highest BCUT2D eigenvalue weighted by Gasteiger charge is 2.10. The Balaban J connectivity index is 1.55. The lowest BCUT2D eigenvalue weighted by atomic mass is 10.1. The molecule has 0 aliphatic rings. The SMILES string of the molecule is O=C(OCc1nc2cc3ccccc3cc2[nH]1)c1ccc(O)cc1. The van der Waals surface area contributed by atoms with Gasteiger partial charge in [0.25, 0.3) is 0 Å². The van der Waals surface area contributed by atoms with Crippen molar-refractivity contribution in [3.8, 4) is 5.75 Å². The van der Waals surface area contributed by atoms with Crippen LogP contribution in [0.25, 0.3) is 21.8 Å². The Hall–Kier alpha value is -3.34. The van der Waals surface area contributed by atoms with Crippen LogP contribution in [0.5, 0.6) is 5.75 Å². The normalized spacial score (nSPS) is 11.0. The molecule has 0 spiro atoms. The molecule has 2 N–H and O–H groups in total. The van der Waals surface area contributed by atoms with Gasteiger partial charge in [0.15, 0.2) is 0 Å². The molecule has 0 saturated carbocycles. The number of rotatable bonds is 3.